The second-order valence-electron chi connectivity index (χ2n) is 5.95. The highest BCUT2D eigenvalue weighted by Crippen LogP contribution is 2.41. The molecule has 0 aliphatic carbocycles. The number of methoxy groups -OCH3 is 1. The molecule has 1 aromatic carbocycles. The number of nitrogens with zero attached hydrogens (tertiary/aromatic N) is 1. The Labute approximate surface area is 116 Å². The average molecular weight is 262 g/mol. The topological polar surface area (TPSA) is 38.5 Å². The predicted octanol–water partition coefficient (Wildman–Crippen LogP) is 2.23. The Hall–Kier alpha value is -1.06. The minimum Gasteiger partial charge on any atom is -0.496 e. The molecule has 0 saturated carbocycles. The molecule has 3 heteroatoms. The fourth-order valence-electron chi connectivity index (χ4n) is 3.25. The number of nitrogens with two attached hydrogens (primary N) is 1. The zero-order valence-corrected chi connectivity index (χ0v) is 12.6. The second kappa shape index (κ2) is 5.51. The van der Waals surface area contributed by atoms with Crippen molar-refractivity contribution in [3.63, 3.8) is 0 Å². The molecule has 1 aromatic rings. The first-order chi connectivity index (χ1) is 9.02. The molecule has 2 N–H and O–H groups in total. The molecule has 106 valence electrons. The van der Waals surface area contributed by atoms with E-state index in [1.165, 1.54) is 16.7 Å². The molecule has 0 atom stereocenters. The number of benzene rings is 1. The van der Waals surface area contributed by atoms with E-state index in [0.717, 1.165) is 31.7 Å². The van der Waals surface area contributed by atoms with Gasteiger partial charge in [0.2, 0.25) is 0 Å². The molecule has 19 heavy (non-hydrogen) atoms. The molecule has 2 rings (SSSR count). The van der Waals surface area contributed by atoms with Crippen LogP contribution in [-0.2, 0) is 5.41 Å². The summed E-state index contributed by atoms with van der Waals surface area (Å²) in [7, 11) is 3.94. The zero-order chi connectivity index (χ0) is 14.0. The SMILES string of the molecule is COc1c(C)cc(C)cc1C1(CN)CCN(C)CC1. The van der Waals surface area contributed by atoms with Crippen molar-refractivity contribution < 1.29 is 4.74 Å². The summed E-state index contributed by atoms with van der Waals surface area (Å²) >= 11 is 0. The van der Waals surface area contributed by atoms with Crippen molar-refractivity contribution in [3.8, 4) is 5.75 Å². The van der Waals surface area contributed by atoms with Gasteiger partial charge in [-0.05, 0) is 52.4 Å². The Bertz CT molecular complexity index is 448. The van der Waals surface area contributed by atoms with Gasteiger partial charge in [-0.2, -0.15) is 0 Å². The Morgan fingerprint density at radius 3 is 2.42 bits per heavy atom. The first-order valence-electron chi connectivity index (χ1n) is 7.07. The lowest BCUT2D eigenvalue weighted by molar-refractivity contribution is 0.188. The highest BCUT2D eigenvalue weighted by Gasteiger charge is 2.36. The lowest BCUT2D eigenvalue weighted by atomic mass is 9.71. The number of rotatable bonds is 3. The molecule has 1 heterocycles. The number of hydrogen-bond donors (Lipinski definition) is 1. The van der Waals surface area contributed by atoms with E-state index < -0.39 is 0 Å². The highest BCUT2D eigenvalue weighted by atomic mass is 16.5. The van der Waals surface area contributed by atoms with E-state index in [1.54, 1.807) is 7.11 Å². The summed E-state index contributed by atoms with van der Waals surface area (Å²) < 4.78 is 5.67. The van der Waals surface area contributed by atoms with Crippen molar-refractivity contribution in [2.45, 2.75) is 32.1 Å². The van der Waals surface area contributed by atoms with Gasteiger partial charge in [0.25, 0.3) is 0 Å². The Balaban J connectivity index is 2.48. The van der Waals surface area contributed by atoms with Crippen molar-refractivity contribution in [2.24, 2.45) is 5.73 Å². The molecule has 0 bridgehead atoms. The van der Waals surface area contributed by atoms with Gasteiger partial charge in [0.15, 0.2) is 0 Å². The van der Waals surface area contributed by atoms with E-state index in [9.17, 15) is 0 Å². The minimum atomic E-state index is 0.0780. The van der Waals surface area contributed by atoms with Crippen LogP contribution in [-0.4, -0.2) is 38.7 Å². The average Bonchev–Trinajstić information content (AvgIpc) is 2.39. The highest BCUT2D eigenvalue weighted by molar-refractivity contribution is 5.48. The number of hydrogen-bond acceptors (Lipinski definition) is 3. The fraction of sp³-hybridized carbons (Fsp3) is 0.625. The molecule has 1 aliphatic heterocycles. The Morgan fingerprint density at radius 2 is 1.89 bits per heavy atom. The van der Waals surface area contributed by atoms with E-state index >= 15 is 0 Å². The van der Waals surface area contributed by atoms with E-state index in [4.69, 9.17) is 10.5 Å². The van der Waals surface area contributed by atoms with Crippen LogP contribution in [0.2, 0.25) is 0 Å². The molecule has 0 amide bonds. The van der Waals surface area contributed by atoms with Gasteiger partial charge in [-0.25, -0.2) is 0 Å². The summed E-state index contributed by atoms with van der Waals surface area (Å²) in [4.78, 5) is 2.38. The summed E-state index contributed by atoms with van der Waals surface area (Å²) in [5, 5.41) is 0. The molecule has 0 radical (unpaired) electrons. The molecule has 1 aliphatic rings. The zero-order valence-electron chi connectivity index (χ0n) is 12.6. The van der Waals surface area contributed by atoms with Crippen LogP contribution in [0.3, 0.4) is 0 Å². The summed E-state index contributed by atoms with van der Waals surface area (Å²) in [6.45, 7) is 7.17. The summed E-state index contributed by atoms with van der Waals surface area (Å²) in [6, 6.07) is 4.45. The second-order valence-corrected chi connectivity index (χ2v) is 5.95. The van der Waals surface area contributed by atoms with Crippen LogP contribution in [0.5, 0.6) is 5.75 Å². The Morgan fingerprint density at radius 1 is 1.26 bits per heavy atom. The summed E-state index contributed by atoms with van der Waals surface area (Å²) in [5.41, 5.74) is 10.1. The van der Waals surface area contributed by atoms with Crippen LogP contribution in [0.4, 0.5) is 0 Å². The largest absolute Gasteiger partial charge is 0.496 e. The molecule has 1 saturated heterocycles. The molecule has 0 unspecified atom stereocenters. The smallest absolute Gasteiger partial charge is 0.125 e. The van der Waals surface area contributed by atoms with Crippen LogP contribution in [0, 0.1) is 13.8 Å². The van der Waals surface area contributed by atoms with Crippen molar-refractivity contribution in [2.75, 3.05) is 33.8 Å². The maximum Gasteiger partial charge on any atom is 0.125 e. The van der Waals surface area contributed by atoms with E-state index in [1.807, 2.05) is 0 Å². The van der Waals surface area contributed by atoms with Crippen molar-refractivity contribution >= 4 is 0 Å². The molecule has 1 fully saturated rings. The quantitative estimate of drug-likeness (QED) is 0.908. The monoisotopic (exact) mass is 262 g/mol. The minimum absolute atomic E-state index is 0.0780. The van der Waals surface area contributed by atoms with Gasteiger partial charge in [-0.1, -0.05) is 17.7 Å². The normalized spacial score (nSPS) is 19.4. The first-order valence-corrected chi connectivity index (χ1v) is 7.07. The van der Waals surface area contributed by atoms with Crippen LogP contribution < -0.4 is 10.5 Å². The fourth-order valence-corrected chi connectivity index (χ4v) is 3.25. The molecule has 3 nitrogen and oxygen atoms in total. The third-order valence-corrected chi connectivity index (χ3v) is 4.53. The van der Waals surface area contributed by atoms with Crippen LogP contribution >= 0.6 is 0 Å². The molecular weight excluding hydrogens is 236 g/mol. The van der Waals surface area contributed by atoms with Gasteiger partial charge in [0, 0.05) is 17.5 Å². The Kier molecular flexibility index (Phi) is 4.16. The lowest BCUT2D eigenvalue weighted by Gasteiger charge is -2.41. The van der Waals surface area contributed by atoms with Gasteiger partial charge in [0.05, 0.1) is 7.11 Å². The van der Waals surface area contributed by atoms with Gasteiger partial charge >= 0.3 is 0 Å². The van der Waals surface area contributed by atoms with Crippen LogP contribution in [0.15, 0.2) is 12.1 Å². The van der Waals surface area contributed by atoms with Crippen LogP contribution in [0.1, 0.15) is 29.5 Å². The maximum absolute atomic E-state index is 6.17. The van der Waals surface area contributed by atoms with Gasteiger partial charge in [0.1, 0.15) is 5.75 Å². The first kappa shape index (κ1) is 14.4. The lowest BCUT2D eigenvalue weighted by Crippen LogP contribution is -2.45. The van der Waals surface area contributed by atoms with E-state index in [-0.39, 0.29) is 5.41 Å². The third-order valence-electron chi connectivity index (χ3n) is 4.53. The van der Waals surface area contributed by atoms with E-state index in [2.05, 4.69) is 37.9 Å². The number of ether oxygens (including phenoxy) is 1. The predicted molar refractivity (Wildman–Crippen MR) is 79.9 cm³/mol. The van der Waals surface area contributed by atoms with Gasteiger partial charge < -0.3 is 15.4 Å². The van der Waals surface area contributed by atoms with E-state index in [0.29, 0.717) is 6.54 Å². The third kappa shape index (κ3) is 2.63. The molecule has 0 spiro atoms. The number of likely N-dealkylation sites (tertiary alicyclic amines) is 1. The molecule has 0 aromatic heterocycles. The van der Waals surface area contributed by atoms with Crippen LogP contribution in [0.25, 0.3) is 0 Å². The number of piperidine rings is 1. The van der Waals surface area contributed by atoms with Crippen molar-refractivity contribution in [3.05, 3.63) is 28.8 Å². The number of aryl methyl sites for hydroxylation is 2. The maximum atomic E-state index is 6.17. The van der Waals surface area contributed by atoms with Gasteiger partial charge in [-0.3, -0.25) is 0 Å². The standard InChI is InChI=1S/C16H26N2O/c1-12-9-13(2)15(19-4)14(10-12)16(11-17)5-7-18(3)8-6-16/h9-10H,5-8,11,17H2,1-4H3. The van der Waals surface area contributed by atoms with Crippen molar-refractivity contribution in [1.29, 1.82) is 0 Å². The molecular formula is C16H26N2O. The van der Waals surface area contributed by atoms with Gasteiger partial charge in [-0.15, -0.1) is 0 Å². The summed E-state index contributed by atoms with van der Waals surface area (Å²) in [6.07, 6.45) is 2.22. The summed E-state index contributed by atoms with van der Waals surface area (Å²) in [5.74, 6) is 1.03. The van der Waals surface area contributed by atoms with Crippen molar-refractivity contribution in [1.82, 2.24) is 4.90 Å².